The Bertz CT molecular complexity index is 570. The predicted molar refractivity (Wildman–Crippen MR) is 76.7 cm³/mol. The summed E-state index contributed by atoms with van der Waals surface area (Å²) in [7, 11) is 0. The fourth-order valence-electron chi connectivity index (χ4n) is 2.05. The first-order valence-corrected chi connectivity index (χ1v) is 6.61. The summed E-state index contributed by atoms with van der Waals surface area (Å²) >= 11 is 1.68. The Morgan fingerprint density at radius 2 is 1.67 bits per heavy atom. The van der Waals surface area contributed by atoms with Crippen molar-refractivity contribution in [3.63, 3.8) is 0 Å². The molecule has 92 valence electrons. The Morgan fingerprint density at radius 3 is 2.28 bits per heavy atom. The summed E-state index contributed by atoms with van der Waals surface area (Å²) in [5.74, 6) is 0. The standard InChI is InChI=1S/C15H15NOS/c1-10-7-11(2)15(12(3)8-10)18-14-6-4-5-13(9-14)16-17/h4-9H,1-3H3. The molecule has 3 heteroatoms. The van der Waals surface area contributed by atoms with Gasteiger partial charge in [-0.3, -0.25) is 0 Å². The zero-order chi connectivity index (χ0) is 13.1. The lowest BCUT2D eigenvalue weighted by molar-refractivity contribution is 1.18. The van der Waals surface area contributed by atoms with Crippen LogP contribution in [0.25, 0.3) is 0 Å². The SMILES string of the molecule is Cc1cc(C)c(Sc2cccc(N=O)c2)c(C)c1. The van der Waals surface area contributed by atoms with E-state index in [1.807, 2.05) is 18.2 Å². The van der Waals surface area contributed by atoms with Crippen LogP contribution in [-0.4, -0.2) is 0 Å². The highest BCUT2D eigenvalue weighted by atomic mass is 32.2. The van der Waals surface area contributed by atoms with Crippen molar-refractivity contribution < 1.29 is 0 Å². The first-order valence-electron chi connectivity index (χ1n) is 5.79. The van der Waals surface area contributed by atoms with Crippen LogP contribution < -0.4 is 0 Å². The molecule has 0 atom stereocenters. The largest absolute Gasteiger partial charge is 0.145 e. The first-order chi connectivity index (χ1) is 8.60. The fraction of sp³-hybridized carbons (Fsp3) is 0.200. The van der Waals surface area contributed by atoms with E-state index >= 15 is 0 Å². The van der Waals surface area contributed by atoms with E-state index in [1.54, 1.807) is 17.8 Å². The van der Waals surface area contributed by atoms with Crippen molar-refractivity contribution in [2.75, 3.05) is 0 Å². The molecule has 0 unspecified atom stereocenters. The van der Waals surface area contributed by atoms with E-state index < -0.39 is 0 Å². The molecule has 0 radical (unpaired) electrons. The predicted octanol–water partition coefficient (Wildman–Crippen LogP) is 5.16. The van der Waals surface area contributed by atoms with Crippen LogP contribution in [0.5, 0.6) is 0 Å². The molecule has 0 fully saturated rings. The summed E-state index contributed by atoms with van der Waals surface area (Å²) in [5.41, 5.74) is 4.28. The van der Waals surface area contributed by atoms with Gasteiger partial charge in [-0.05, 0) is 55.3 Å². The van der Waals surface area contributed by atoms with Crippen molar-refractivity contribution >= 4 is 17.4 Å². The molecule has 2 nitrogen and oxygen atoms in total. The minimum Gasteiger partial charge on any atom is -0.145 e. The van der Waals surface area contributed by atoms with Crippen LogP contribution in [0.15, 0.2) is 51.4 Å². The molecular weight excluding hydrogens is 242 g/mol. The smallest absolute Gasteiger partial charge is 0.109 e. The number of aryl methyl sites for hydroxylation is 3. The molecule has 0 bridgehead atoms. The third-order valence-electron chi connectivity index (χ3n) is 2.75. The summed E-state index contributed by atoms with van der Waals surface area (Å²) in [5, 5.41) is 2.97. The summed E-state index contributed by atoms with van der Waals surface area (Å²) in [6, 6.07) is 11.7. The van der Waals surface area contributed by atoms with Gasteiger partial charge in [0.1, 0.15) is 5.69 Å². The fourth-order valence-corrected chi connectivity index (χ4v) is 3.05. The number of nitroso groups, excluding NO2 is 1. The Hall–Kier alpha value is -1.61. The summed E-state index contributed by atoms with van der Waals surface area (Å²) in [6.07, 6.45) is 0. The third-order valence-corrected chi connectivity index (χ3v) is 4.09. The third kappa shape index (κ3) is 2.79. The minimum atomic E-state index is 0.474. The zero-order valence-electron chi connectivity index (χ0n) is 10.7. The van der Waals surface area contributed by atoms with Crippen molar-refractivity contribution in [2.45, 2.75) is 30.6 Å². The first kappa shape index (κ1) is 12.8. The van der Waals surface area contributed by atoms with Gasteiger partial charge in [-0.15, -0.1) is 4.91 Å². The molecule has 0 amide bonds. The quantitative estimate of drug-likeness (QED) is 0.711. The average molecular weight is 257 g/mol. The Kier molecular flexibility index (Phi) is 3.82. The zero-order valence-corrected chi connectivity index (χ0v) is 11.5. The lowest BCUT2D eigenvalue weighted by atomic mass is 10.1. The van der Waals surface area contributed by atoms with E-state index in [9.17, 15) is 4.91 Å². The van der Waals surface area contributed by atoms with Crippen molar-refractivity contribution in [1.82, 2.24) is 0 Å². The van der Waals surface area contributed by atoms with Crippen molar-refractivity contribution in [1.29, 1.82) is 0 Å². The van der Waals surface area contributed by atoms with Crippen LogP contribution in [0.2, 0.25) is 0 Å². The molecule has 0 spiro atoms. The molecule has 0 saturated heterocycles. The van der Waals surface area contributed by atoms with E-state index in [0.29, 0.717) is 5.69 Å². The van der Waals surface area contributed by atoms with Gasteiger partial charge in [0, 0.05) is 9.79 Å². The molecule has 18 heavy (non-hydrogen) atoms. The maximum Gasteiger partial charge on any atom is 0.109 e. The van der Waals surface area contributed by atoms with Crippen LogP contribution in [0.3, 0.4) is 0 Å². The van der Waals surface area contributed by atoms with E-state index in [2.05, 4.69) is 38.1 Å². The molecule has 0 heterocycles. The Balaban J connectivity index is 2.36. The van der Waals surface area contributed by atoms with Crippen LogP contribution in [-0.2, 0) is 0 Å². The Labute approximate surface area is 111 Å². The number of rotatable bonds is 3. The highest BCUT2D eigenvalue weighted by molar-refractivity contribution is 7.99. The topological polar surface area (TPSA) is 29.4 Å². The van der Waals surface area contributed by atoms with Crippen LogP contribution in [0, 0.1) is 25.7 Å². The molecule has 0 N–H and O–H groups in total. The monoisotopic (exact) mass is 257 g/mol. The van der Waals surface area contributed by atoms with Gasteiger partial charge >= 0.3 is 0 Å². The molecule has 0 saturated carbocycles. The van der Waals surface area contributed by atoms with E-state index in [0.717, 1.165) is 4.90 Å². The van der Waals surface area contributed by atoms with Crippen LogP contribution >= 0.6 is 11.8 Å². The maximum absolute atomic E-state index is 10.5. The summed E-state index contributed by atoms with van der Waals surface area (Å²) in [4.78, 5) is 12.8. The van der Waals surface area contributed by atoms with Crippen LogP contribution in [0.4, 0.5) is 5.69 Å². The van der Waals surface area contributed by atoms with Gasteiger partial charge in [0.05, 0.1) is 0 Å². The second-order valence-corrected chi connectivity index (χ2v) is 5.50. The molecule has 2 rings (SSSR count). The molecule has 0 aliphatic carbocycles. The van der Waals surface area contributed by atoms with E-state index in [-0.39, 0.29) is 0 Å². The average Bonchev–Trinajstić information content (AvgIpc) is 2.34. The summed E-state index contributed by atoms with van der Waals surface area (Å²) < 4.78 is 0. The van der Waals surface area contributed by atoms with Gasteiger partial charge in [-0.2, -0.15) is 0 Å². The van der Waals surface area contributed by atoms with Crippen molar-refractivity contribution in [2.24, 2.45) is 5.18 Å². The number of hydrogen-bond acceptors (Lipinski definition) is 3. The molecular formula is C15H15NOS. The van der Waals surface area contributed by atoms with Gasteiger partial charge in [0.15, 0.2) is 0 Å². The summed E-state index contributed by atoms with van der Waals surface area (Å²) in [6.45, 7) is 6.33. The van der Waals surface area contributed by atoms with E-state index in [1.165, 1.54) is 21.6 Å². The number of nitrogens with zero attached hydrogens (tertiary/aromatic N) is 1. The van der Waals surface area contributed by atoms with Gasteiger partial charge in [-0.25, -0.2) is 0 Å². The normalized spacial score (nSPS) is 10.4. The lowest BCUT2D eigenvalue weighted by Crippen LogP contribution is -1.87. The molecule has 2 aromatic carbocycles. The minimum absolute atomic E-state index is 0.474. The number of hydrogen-bond donors (Lipinski definition) is 0. The van der Waals surface area contributed by atoms with Crippen LogP contribution in [0.1, 0.15) is 16.7 Å². The Morgan fingerprint density at radius 1 is 1.00 bits per heavy atom. The maximum atomic E-state index is 10.5. The van der Waals surface area contributed by atoms with Gasteiger partial charge in [0.25, 0.3) is 0 Å². The molecule has 2 aromatic rings. The highest BCUT2D eigenvalue weighted by Gasteiger charge is 2.06. The van der Waals surface area contributed by atoms with Gasteiger partial charge in [0.2, 0.25) is 0 Å². The lowest BCUT2D eigenvalue weighted by Gasteiger charge is -2.10. The molecule has 0 aliphatic heterocycles. The van der Waals surface area contributed by atoms with Crippen molar-refractivity contribution in [3.05, 3.63) is 58.0 Å². The molecule has 0 aliphatic rings. The number of benzene rings is 2. The van der Waals surface area contributed by atoms with Crippen molar-refractivity contribution in [3.8, 4) is 0 Å². The molecule has 0 aromatic heterocycles. The highest BCUT2D eigenvalue weighted by Crippen LogP contribution is 2.34. The second-order valence-electron chi connectivity index (χ2n) is 4.42. The second kappa shape index (κ2) is 5.36. The van der Waals surface area contributed by atoms with E-state index in [4.69, 9.17) is 0 Å². The van der Waals surface area contributed by atoms with Gasteiger partial charge < -0.3 is 0 Å². The van der Waals surface area contributed by atoms with Gasteiger partial charge in [-0.1, -0.05) is 35.5 Å².